The van der Waals surface area contributed by atoms with Crippen LogP contribution in [-0.4, -0.2) is 12.1 Å². The van der Waals surface area contributed by atoms with Crippen molar-refractivity contribution in [3.63, 3.8) is 0 Å². The van der Waals surface area contributed by atoms with E-state index < -0.39 is 0 Å². The SMILES string of the molecule is CC(C)C1CC(NC2CC2(C)C)C1. The molecule has 1 atom stereocenters. The molecule has 2 aliphatic rings. The monoisotopic (exact) mass is 181 g/mol. The third-order valence-electron chi connectivity index (χ3n) is 4.07. The van der Waals surface area contributed by atoms with E-state index in [0.29, 0.717) is 5.41 Å². The third kappa shape index (κ3) is 1.90. The molecule has 0 spiro atoms. The molecule has 0 bridgehead atoms. The van der Waals surface area contributed by atoms with E-state index in [2.05, 4.69) is 33.0 Å². The fraction of sp³-hybridized carbons (Fsp3) is 1.00. The Kier molecular flexibility index (Phi) is 2.18. The van der Waals surface area contributed by atoms with Crippen LogP contribution in [0.5, 0.6) is 0 Å². The highest BCUT2D eigenvalue weighted by Gasteiger charge is 2.47. The standard InChI is InChI=1S/C12H23N/c1-8(2)9-5-10(6-9)13-11-7-12(11,3)4/h8-11,13H,5-7H2,1-4H3. The lowest BCUT2D eigenvalue weighted by Crippen LogP contribution is -2.44. The number of hydrogen-bond acceptors (Lipinski definition) is 1. The minimum Gasteiger partial charge on any atom is -0.311 e. The van der Waals surface area contributed by atoms with E-state index in [4.69, 9.17) is 0 Å². The van der Waals surface area contributed by atoms with Crippen LogP contribution < -0.4 is 5.32 Å². The van der Waals surface area contributed by atoms with Crippen LogP contribution in [0.15, 0.2) is 0 Å². The van der Waals surface area contributed by atoms with Gasteiger partial charge in [0, 0.05) is 12.1 Å². The predicted molar refractivity (Wildman–Crippen MR) is 56.7 cm³/mol. The lowest BCUT2D eigenvalue weighted by molar-refractivity contribution is 0.164. The van der Waals surface area contributed by atoms with Crippen LogP contribution in [0.3, 0.4) is 0 Å². The summed E-state index contributed by atoms with van der Waals surface area (Å²) >= 11 is 0. The van der Waals surface area contributed by atoms with E-state index in [0.717, 1.165) is 23.9 Å². The van der Waals surface area contributed by atoms with E-state index >= 15 is 0 Å². The number of rotatable bonds is 3. The Bertz CT molecular complexity index is 189. The van der Waals surface area contributed by atoms with Gasteiger partial charge in [-0.15, -0.1) is 0 Å². The highest BCUT2D eigenvalue weighted by molar-refractivity contribution is 5.04. The summed E-state index contributed by atoms with van der Waals surface area (Å²) in [5.41, 5.74) is 0.600. The molecule has 0 saturated heterocycles. The molecule has 0 aromatic carbocycles. The highest BCUT2D eigenvalue weighted by atomic mass is 15.0. The van der Waals surface area contributed by atoms with E-state index in [1.165, 1.54) is 19.3 Å². The first-order valence-electron chi connectivity index (χ1n) is 5.75. The van der Waals surface area contributed by atoms with Crippen molar-refractivity contribution in [1.82, 2.24) is 5.32 Å². The van der Waals surface area contributed by atoms with Crippen molar-refractivity contribution in [2.75, 3.05) is 0 Å². The molecule has 1 heteroatoms. The van der Waals surface area contributed by atoms with Gasteiger partial charge in [-0.25, -0.2) is 0 Å². The lowest BCUT2D eigenvalue weighted by atomic mass is 9.73. The van der Waals surface area contributed by atoms with E-state index in [9.17, 15) is 0 Å². The normalized spacial score (nSPS) is 41.8. The fourth-order valence-electron chi connectivity index (χ4n) is 2.38. The topological polar surface area (TPSA) is 12.0 Å². The lowest BCUT2D eigenvalue weighted by Gasteiger charge is -2.39. The fourth-order valence-corrected chi connectivity index (χ4v) is 2.38. The van der Waals surface area contributed by atoms with Crippen molar-refractivity contribution < 1.29 is 0 Å². The predicted octanol–water partition coefficient (Wildman–Crippen LogP) is 2.81. The minimum absolute atomic E-state index is 0.600. The molecule has 2 aliphatic carbocycles. The molecule has 0 aliphatic heterocycles. The molecule has 0 amide bonds. The van der Waals surface area contributed by atoms with Gasteiger partial charge < -0.3 is 5.32 Å². The summed E-state index contributed by atoms with van der Waals surface area (Å²) < 4.78 is 0. The van der Waals surface area contributed by atoms with Gasteiger partial charge in [-0.05, 0) is 36.5 Å². The van der Waals surface area contributed by atoms with Gasteiger partial charge in [0.05, 0.1) is 0 Å². The van der Waals surface area contributed by atoms with Crippen molar-refractivity contribution in [3.8, 4) is 0 Å². The van der Waals surface area contributed by atoms with E-state index in [1.807, 2.05) is 0 Å². The molecule has 0 aromatic heterocycles. The maximum atomic E-state index is 3.77. The van der Waals surface area contributed by atoms with E-state index in [-0.39, 0.29) is 0 Å². The summed E-state index contributed by atoms with van der Waals surface area (Å²) in [5, 5.41) is 3.77. The summed E-state index contributed by atoms with van der Waals surface area (Å²) in [6.45, 7) is 9.43. The van der Waals surface area contributed by atoms with Crippen LogP contribution >= 0.6 is 0 Å². The Morgan fingerprint density at radius 3 is 2.15 bits per heavy atom. The summed E-state index contributed by atoms with van der Waals surface area (Å²) in [5.74, 6) is 1.89. The van der Waals surface area contributed by atoms with Gasteiger partial charge in [-0.2, -0.15) is 0 Å². The molecule has 1 nitrogen and oxygen atoms in total. The van der Waals surface area contributed by atoms with Crippen LogP contribution in [0.2, 0.25) is 0 Å². The zero-order valence-electron chi connectivity index (χ0n) is 9.43. The molecule has 76 valence electrons. The summed E-state index contributed by atoms with van der Waals surface area (Å²) in [6.07, 6.45) is 4.23. The quantitative estimate of drug-likeness (QED) is 0.706. The average molecular weight is 181 g/mol. The van der Waals surface area contributed by atoms with Crippen LogP contribution in [0.1, 0.15) is 47.0 Å². The molecule has 2 fully saturated rings. The highest BCUT2D eigenvalue weighted by Crippen LogP contribution is 2.46. The second kappa shape index (κ2) is 2.98. The molecule has 0 radical (unpaired) electrons. The maximum absolute atomic E-state index is 3.77. The first-order chi connectivity index (χ1) is 5.99. The summed E-state index contributed by atoms with van der Waals surface area (Å²) in [7, 11) is 0. The van der Waals surface area contributed by atoms with Gasteiger partial charge >= 0.3 is 0 Å². The van der Waals surface area contributed by atoms with Gasteiger partial charge in [0.15, 0.2) is 0 Å². The van der Waals surface area contributed by atoms with Crippen molar-refractivity contribution >= 4 is 0 Å². The Labute approximate surface area is 82.3 Å². The maximum Gasteiger partial charge on any atom is 0.0127 e. The molecule has 0 heterocycles. The van der Waals surface area contributed by atoms with Crippen LogP contribution in [-0.2, 0) is 0 Å². The summed E-state index contributed by atoms with van der Waals surface area (Å²) in [4.78, 5) is 0. The molecule has 2 rings (SSSR count). The Hall–Kier alpha value is -0.0400. The Morgan fingerprint density at radius 2 is 1.77 bits per heavy atom. The van der Waals surface area contributed by atoms with Crippen molar-refractivity contribution in [3.05, 3.63) is 0 Å². The van der Waals surface area contributed by atoms with Crippen molar-refractivity contribution in [2.24, 2.45) is 17.3 Å². The molecule has 2 saturated carbocycles. The average Bonchev–Trinajstić information content (AvgIpc) is 2.48. The Morgan fingerprint density at radius 1 is 1.23 bits per heavy atom. The van der Waals surface area contributed by atoms with Crippen LogP contribution in [0, 0.1) is 17.3 Å². The van der Waals surface area contributed by atoms with E-state index in [1.54, 1.807) is 0 Å². The van der Waals surface area contributed by atoms with Gasteiger partial charge in [0.25, 0.3) is 0 Å². The van der Waals surface area contributed by atoms with Crippen molar-refractivity contribution in [2.45, 2.75) is 59.0 Å². The summed E-state index contributed by atoms with van der Waals surface area (Å²) in [6, 6.07) is 1.67. The first-order valence-corrected chi connectivity index (χ1v) is 5.75. The number of hydrogen-bond donors (Lipinski definition) is 1. The molecular formula is C12H23N. The molecular weight excluding hydrogens is 158 g/mol. The zero-order chi connectivity index (χ0) is 9.64. The first kappa shape index (κ1) is 9.51. The van der Waals surface area contributed by atoms with Crippen LogP contribution in [0.25, 0.3) is 0 Å². The zero-order valence-corrected chi connectivity index (χ0v) is 9.43. The van der Waals surface area contributed by atoms with Gasteiger partial charge in [0.2, 0.25) is 0 Å². The van der Waals surface area contributed by atoms with Gasteiger partial charge in [-0.3, -0.25) is 0 Å². The molecule has 0 aromatic rings. The molecule has 1 N–H and O–H groups in total. The second-order valence-corrected chi connectivity index (χ2v) is 6.08. The van der Waals surface area contributed by atoms with Crippen LogP contribution in [0.4, 0.5) is 0 Å². The van der Waals surface area contributed by atoms with Gasteiger partial charge in [-0.1, -0.05) is 27.7 Å². The van der Waals surface area contributed by atoms with Gasteiger partial charge in [0.1, 0.15) is 0 Å². The second-order valence-electron chi connectivity index (χ2n) is 6.08. The Balaban J connectivity index is 1.66. The number of nitrogens with one attached hydrogen (secondary N) is 1. The van der Waals surface area contributed by atoms with Crippen molar-refractivity contribution in [1.29, 1.82) is 0 Å². The minimum atomic E-state index is 0.600. The molecule has 13 heavy (non-hydrogen) atoms. The molecule has 1 unspecified atom stereocenters. The smallest absolute Gasteiger partial charge is 0.0127 e. The third-order valence-corrected chi connectivity index (χ3v) is 4.07. The largest absolute Gasteiger partial charge is 0.311 e.